The van der Waals surface area contributed by atoms with E-state index in [1.54, 1.807) is 0 Å². The second kappa shape index (κ2) is 6.62. The minimum absolute atomic E-state index is 0.0930. The molecule has 2 heterocycles. The molecular weight excluding hydrogens is 357 g/mol. The van der Waals surface area contributed by atoms with Crippen molar-refractivity contribution in [1.29, 1.82) is 0 Å². The Hall–Kier alpha value is -2.16. The first-order chi connectivity index (χ1) is 11.8. The average molecular weight is 372 g/mol. The Balaban J connectivity index is 1.69. The number of aliphatic carboxylic acids is 1. The van der Waals surface area contributed by atoms with E-state index in [-0.39, 0.29) is 24.3 Å². The number of nitrogens with zero attached hydrogens (tertiary/aromatic N) is 2. The molecular formula is C16H15F3N2O3S. The van der Waals surface area contributed by atoms with E-state index < -0.39 is 23.8 Å². The van der Waals surface area contributed by atoms with Crippen LogP contribution in [0.2, 0.25) is 0 Å². The first-order valence-electron chi connectivity index (χ1n) is 7.74. The van der Waals surface area contributed by atoms with Gasteiger partial charge in [-0.3, -0.25) is 4.79 Å². The lowest BCUT2D eigenvalue weighted by molar-refractivity contribution is -0.148. The Bertz CT molecular complexity index is 819. The maximum absolute atomic E-state index is 12.7. The Kier molecular flexibility index (Phi) is 4.68. The molecule has 1 fully saturated rings. The predicted octanol–water partition coefficient (Wildman–Crippen LogP) is 3.32. The number of likely N-dealkylation sites (tertiary alicyclic amines) is 1. The molecule has 9 heteroatoms. The quantitative estimate of drug-likeness (QED) is 0.894. The summed E-state index contributed by atoms with van der Waals surface area (Å²) in [4.78, 5) is 28.9. The highest BCUT2D eigenvalue weighted by atomic mass is 32.1. The minimum Gasteiger partial charge on any atom is -0.480 e. The lowest BCUT2D eigenvalue weighted by atomic mass is 10.2. The zero-order valence-electron chi connectivity index (χ0n) is 13.0. The fourth-order valence-electron chi connectivity index (χ4n) is 2.94. The Morgan fingerprint density at radius 3 is 2.80 bits per heavy atom. The van der Waals surface area contributed by atoms with Crippen LogP contribution in [0.4, 0.5) is 13.2 Å². The van der Waals surface area contributed by atoms with Gasteiger partial charge in [0.15, 0.2) is 0 Å². The van der Waals surface area contributed by atoms with Gasteiger partial charge in [-0.1, -0.05) is 0 Å². The molecule has 2 aromatic rings. The summed E-state index contributed by atoms with van der Waals surface area (Å²) >= 11 is 1.24. The topological polar surface area (TPSA) is 70.5 Å². The van der Waals surface area contributed by atoms with Gasteiger partial charge < -0.3 is 10.0 Å². The van der Waals surface area contributed by atoms with Crippen LogP contribution in [0.5, 0.6) is 0 Å². The zero-order chi connectivity index (χ0) is 18.2. The van der Waals surface area contributed by atoms with Crippen molar-refractivity contribution in [3.8, 4) is 0 Å². The molecule has 1 atom stereocenters. The molecule has 1 aromatic heterocycles. The number of halogens is 3. The molecule has 1 aliphatic rings. The van der Waals surface area contributed by atoms with E-state index in [4.69, 9.17) is 5.11 Å². The van der Waals surface area contributed by atoms with E-state index in [9.17, 15) is 22.8 Å². The summed E-state index contributed by atoms with van der Waals surface area (Å²) in [6.07, 6.45) is -2.94. The summed E-state index contributed by atoms with van der Waals surface area (Å²) in [5.41, 5.74) is -0.499. The molecule has 5 nitrogen and oxygen atoms in total. The van der Waals surface area contributed by atoms with Crippen LogP contribution in [0, 0.1) is 0 Å². The number of hydrogen-bond acceptors (Lipinski definition) is 4. The van der Waals surface area contributed by atoms with Gasteiger partial charge in [0, 0.05) is 19.4 Å². The summed E-state index contributed by atoms with van der Waals surface area (Å²) in [6, 6.07) is 2.61. The fourth-order valence-corrected chi connectivity index (χ4v) is 3.89. The van der Waals surface area contributed by atoms with Crippen LogP contribution in [-0.4, -0.2) is 39.5 Å². The molecule has 0 bridgehead atoms. The highest BCUT2D eigenvalue weighted by Crippen LogP contribution is 2.33. The number of rotatable bonds is 4. The number of aromatic nitrogens is 1. The number of alkyl halides is 3. The number of hydrogen-bond donors (Lipinski definition) is 1. The highest BCUT2D eigenvalue weighted by molar-refractivity contribution is 7.18. The number of fused-ring (bicyclic) bond motifs is 1. The van der Waals surface area contributed by atoms with Crippen LogP contribution < -0.4 is 0 Å². The van der Waals surface area contributed by atoms with Gasteiger partial charge in [0.1, 0.15) is 6.04 Å². The highest BCUT2D eigenvalue weighted by Gasteiger charge is 2.33. The van der Waals surface area contributed by atoms with Crippen LogP contribution in [0.15, 0.2) is 18.2 Å². The van der Waals surface area contributed by atoms with Crippen LogP contribution in [-0.2, 0) is 22.2 Å². The van der Waals surface area contributed by atoms with Gasteiger partial charge in [-0.05, 0) is 31.0 Å². The van der Waals surface area contributed by atoms with E-state index >= 15 is 0 Å². The Morgan fingerprint density at radius 2 is 2.12 bits per heavy atom. The van der Waals surface area contributed by atoms with Gasteiger partial charge in [0.25, 0.3) is 0 Å². The third kappa shape index (κ3) is 3.76. The summed E-state index contributed by atoms with van der Waals surface area (Å²) < 4.78 is 38.8. The minimum atomic E-state index is -4.42. The molecule has 1 aliphatic heterocycles. The number of amides is 1. The summed E-state index contributed by atoms with van der Waals surface area (Å²) in [5, 5.41) is 9.67. The summed E-state index contributed by atoms with van der Waals surface area (Å²) in [6.45, 7) is 0.421. The third-order valence-electron chi connectivity index (χ3n) is 4.17. The van der Waals surface area contributed by atoms with Crippen molar-refractivity contribution in [2.24, 2.45) is 0 Å². The van der Waals surface area contributed by atoms with Gasteiger partial charge in [0.05, 0.1) is 20.8 Å². The largest absolute Gasteiger partial charge is 0.480 e. The number of benzene rings is 1. The van der Waals surface area contributed by atoms with E-state index in [0.717, 1.165) is 12.1 Å². The molecule has 0 spiro atoms. The molecule has 1 aromatic carbocycles. The maximum Gasteiger partial charge on any atom is 0.416 e. The normalized spacial score (nSPS) is 18.0. The molecule has 1 amide bonds. The number of carboxylic acid groups (broad SMARTS) is 1. The SMILES string of the molecule is O=C(O)[C@H]1CCCN1C(=O)CCc1nc2cc(C(F)(F)F)ccc2s1. The van der Waals surface area contributed by atoms with Crippen molar-refractivity contribution in [1.82, 2.24) is 9.88 Å². The van der Waals surface area contributed by atoms with Gasteiger partial charge in [0.2, 0.25) is 5.91 Å². The monoisotopic (exact) mass is 372 g/mol. The summed E-state index contributed by atoms with van der Waals surface area (Å²) in [5.74, 6) is -1.27. The molecule has 3 rings (SSSR count). The van der Waals surface area contributed by atoms with Crippen LogP contribution in [0.25, 0.3) is 10.2 Å². The van der Waals surface area contributed by atoms with E-state index in [2.05, 4.69) is 4.98 Å². The standard InChI is InChI=1S/C16H15F3N2O3S/c17-16(18,19)9-3-4-12-10(8-9)20-13(25-12)5-6-14(22)21-7-1-2-11(21)15(23)24/h3-4,8,11H,1-2,5-7H2,(H,23,24)/t11-/m1/s1. The van der Waals surface area contributed by atoms with Crippen LogP contribution in [0.3, 0.4) is 0 Å². The number of thiazole rings is 1. The third-order valence-corrected chi connectivity index (χ3v) is 5.27. The van der Waals surface area contributed by atoms with E-state index in [1.807, 2.05) is 0 Å². The second-order valence-electron chi connectivity index (χ2n) is 5.87. The number of carbonyl (C=O) groups excluding carboxylic acids is 1. The van der Waals surface area contributed by atoms with Gasteiger partial charge in [-0.15, -0.1) is 11.3 Å². The zero-order valence-corrected chi connectivity index (χ0v) is 13.9. The molecule has 134 valence electrons. The Labute approximate surface area is 145 Å². The molecule has 0 unspecified atom stereocenters. The lowest BCUT2D eigenvalue weighted by Gasteiger charge is -2.21. The first kappa shape index (κ1) is 17.7. The molecule has 0 aliphatic carbocycles. The van der Waals surface area contributed by atoms with E-state index in [1.165, 1.54) is 22.3 Å². The van der Waals surface area contributed by atoms with Gasteiger partial charge >= 0.3 is 12.1 Å². The molecule has 25 heavy (non-hydrogen) atoms. The average Bonchev–Trinajstić information content (AvgIpc) is 3.17. The molecule has 1 saturated heterocycles. The molecule has 1 N–H and O–H groups in total. The van der Waals surface area contributed by atoms with Crippen molar-refractivity contribution in [2.75, 3.05) is 6.54 Å². The van der Waals surface area contributed by atoms with Crippen LogP contribution in [0.1, 0.15) is 29.8 Å². The maximum atomic E-state index is 12.7. The predicted molar refractivity (Wildman–Crippen MR) is 85.3 cm³/mol. The number of carbonyl (C=O) groups is 2. The number of aryl methyl sites for hydroxylation is 1. The van der Waals surface area contributed by atoms with Crippen molar-refractivity contribution in [2.45, 2.75) is 37.9 Å². The van der Waals surface area contributed by atoms with Crippen molar-refractivity contribution >= 4 is 33.4 Å². The van der Waals surface area contributed by atoms with Crippen molar-refractivity contribution in [3.05, 3.63) is 28.8 Å². The first-order valence-corrected chi connectivity index (χ1v) is 8.56. The van der Waals surface area contributed by atoms with Crippen LogP contribution >= 0.6 is 11.3 Å². The fraction of sp³-hybridized carbons (Fsp3) is 0.438. The Morgan fingerprint density at radius 1 is 1.36 bits per heavy atom. The van der Waals surface area contributed by atoms with Crippen molar-refractivity contribution < 1.29 is 27.9 Å². The lowest BCUT2D eigenvalue weighted by Crippen LogP contribution is -2.40. The smallest absolute Gasteiger partial charge is 0.416 e. The van der Waals surface area contributed by atoms with Gasteiger partial charge in [-0.2, -0.15) is 13.2 Å². The van der Waals surface area contributed by atoms with Crippen molar-refractivity contribution in [3.63, 3.8) is 0 Å². The molecule has 0 saturated carbocycles. The van der Waals surface area contributed by atoms with Gasteiger partial charge in [-0.25, -0.2) is 9.78 Å². The second-order valence-corrected chi connectivity index (χ2v) is 6.99. The van der Waals surface area contributed by atoms with E-state index in [0.29, 0.717) is 29.1 Å². The summed E-state index contributed by atoms with van der Waals surface area (Å²) in [7, 11) is 0. The number of carboxylic acids is 1. The molecule has 0 radical (unpaired) electrons.